The summed E-state index contributed by atoms with van der Waals surface area (Å²) in [5.74, 6) is 0.970. The second kappa shape index (κ2) is 6.92. The zero-order valence-corrected chi connectivity index (χ0v) is 12.2. The Morgan fingerprint density at radius 3 is 2.95 bits per heavy atom. The Labute approximate surface area is 116 Å². The van der Waals surface area contributed by atoms with Crippen LogP contribution in [-0.4, -0.2) is 26.9 Å². The summed E-state index contributed by atoms with van der Waals surface area (Å²) < 4.78 is 11.2. The van der Waals surface area contributed by atoms with Gasteiger partial charge in [-0.15, -0.1) is 0 Å². The summed E-state index contributed by atoms with van der Waals surface area (Å²) in [5.41, 5.74) is 2.52. The van der Waals surface area contributed by atoms with Crippen molar-refractivity contribution in [2.24, 2.45) is 0 Å². The van der Waals surface area contributed by atoms with Gasteiger partial charge in [-0.3, -0.25) is 0 Å². The van der Waals surface area contributed by atoms with E-state index < -0.39 is 0 Å². The van der Waals surface area contributed by atoms with E-state index in [0.29, 0.717) is 12.1 Å². The molecule has 0 spiro atoms. The number of aryl methyl sites for hydroxylation is 1. The van der Waals surface area contributed by atoms with E-state index in [2.05, 4.69) is 30.4 Å². The van der Waals surface area contributed by atoms with Gasteiger partial charge < -0.3 is 14.8 Å². The molecule has 2 rings (SSSR count). The smallest absolute Gasteiger partial charge is 0.123 e. The third kappa shape index (κ3) is 3.71. The quantitative estimate of drug-likeness (QED) is 0.855. The third-order valence-corrected chi connectivity index (χ3v) is 3.91. The molecule has 1 aromatic rings. The molecule has 106 valence electrons. The molecule has 0 aliphatic carbocycles. The first-order chi connectivity index (χ1) is 9.24. The summed E-state index contributed by atoms with van der Waals surface area (Å²) in [6.45, 7) is 3.05. The van der Waals surface area contributed by atoms with Crippen LogP contribution < -0.4 is 10.1 Å². The van der Waals surface area contributed by atoms with E-state index >= 15 is 0 Å². The molecule has 1 N–H and O–H groups in total. The van der Waals surface area contributed by atoms with Crippen LogP contribution >= 0.6 is 0 Å². The maximum atomic E-state index is 5.70. The molecule has 1 heterocycles. The molecule has 1 aliphatic rings. The molecule has 2 unspecified atom stereocenters. The van der Waals surface area contributed by atoms with Gasteiger partial charge in [-0.1, -0.05) is 17.7 Å². The van der Waals surface area contributed by atoms with Gasteiger partial charge in [0.1, 0.15) is 5.75 Å². The Hall–Kier alpha value is -1.06. The summed E-state index contributed by atoms with van der Waals surface area (Å²) in [4.78, 5) is 0. The Balaban J connectivity index is 2.05. The van der Waals surface area contributed by atoms with E-state index in [4.69, 9.17) is 9.47 Å². The zero-order valence-electron chi connectivity index (χ0n) is 12.2. The molecule has 19 heavy (non-hydrogen) atoms. The van der Waals surface area contributed by atoms with Gasteiger partial charge in [0.2, 0.25) is 0 Å². The van der Waals surface area contributed by atoms with Gasteiger partial charge in [-0.2, -0.15) is 0 Å². The third-order valence-electron chi connectivity index (χ3n) is 3.91. The lowest BCUT2D eigenvalue weighted by Gasteiger charge is -2.21. The van der Waals surface area contributed by atoms with Crippen molar-refractivity contribution in [2.45, 2.75) is 44.8 Å². The fourth-order valence-electron chi connectivity index (χ4n) is 2.81. The molecule has 2 atom stereocenters. The van der Waals surface area contributed by atoms with Crippen LogP contribution in [0.1, 0.15) is 42.9 Å². The highest BCUT2D eigenvalue weighted by molar-refractivity contribution is 5.39. The molecule has 1 saturated heterocycles. The summed E-state index contributed by atoms with van der Waals surface area (Å²) in [5, 5.41) is 3.41. The van der Waals surface area contributed by atoms with Gasteiger partial charge in [0, 0.05) is 18.2 Å². The van der Waals surface area contributed by atoms with Gasteiger partial charge >= 0.3 is 0 Å². The van der Waals surface area contributed by atoms with Crippen molar-refractivity contribution in [1.29, 1.82) is 0 Å². The van der Waals surface area contributed by atoms with Crippen LogP contribution in [0.2, 0.25) is 0 Å². The summed E-state index contributed by atoms with van der Waals surface area (Å²) >= 11 is 0. The second-order valence-electron chi connectivity index (χ2n) is 5.30. The van der Waals surface area contributed by atoms with E-state index in [1.54, 1.807) is 7.11 Å². The molecule has 1 fully saturated rings. The van der Waals surface area contributed by atoms with Gasteiger partial charge in [0.05, 0.1) is 13.2 Å². The molecule has 0 amide bonds. The number of benzene rings is 1. The van der Waals surface area contributed by atoms with Crippen molar-refractivity contribution in [3.8, 4) is 5.75 Å². The van der Waals surface area contributed by atoms with Crippen molar-refractivity contribution >= 4 is 0 Å². The van der Waals surface area contributed by atoms with Gasteiger partial charge in [-0.05, 0) is 45.7 Å². The second-order valence-corrected chi connectivity index (χ2v) is 5.30. The molecular weight excluding hydrogens is 238 g/mol. The Morgan fingerprint density at radius 2 is 2.32 bits per heavy atom. The zero-order chi connectivity index (χ0) is 13.7. The lowest BCUT2D eigenvalue weighted by molar-refractivity contribution is 0.0997. The van der Waals surface area contributed by atoms with Crippen molar-refractivity contribution < 1.29 is 9.47 Å². The molecule has 3 nitrogen and oxygen atoms in total. The minimum atomic E-state index is 0.332. The number of ether oxygens (including phenoxy) is 2. The first kappa shape index (κ1) is 14.4. The number of rotatable bonds is 6. The van der Waals surface area contributed by atoms with Crippen molar-refractivity contribution in [2.75, 3.05) is 20.8 Å². The maximum Gasteiger partial charge on any atom is 0.123 e. The maximum absolute atomic E-state index is 5.70. The summed E-state index contributed by atoms with van der Waals surface area (Å²) in [6, 6.07) is 6.70. The van der Waals surface area contributed by atoms with E-state index in [9.17, 15) is 0 Å². The van der Waals surface area contributed by atoms with Crippen LogP contribution in [0.15, 0.2) is 18.2 Å². The molecule has 0 saturated carbocycles. The highest BCUT2D eigenvalue weighted by atomic mass is 16.5. The van der Waals surface area contributed by atoms with Gasteiger partial charge in [0.25, 0.3) is 0 Å². The average molecular weight is 263 g/mol. The SMILES string of the molecule is CNC(CCC1CCCO1)c1cc(C)ccc1OC. The van der Waals surface area contributed by atoms with Crippen LogP contribution in [-0.2, 0) is 4.74 Å². The predicted molar refractivity (Wildman–Crippen MR) is 77.7 cm³/mol. The topological polar surface area (TPSA) is 30.5 Å². The standard InChI is InChI=1S/C16H25NO2/c1-12-6-9-16(18-3)14(11-12)15(17-2)8-7-13-5-4-10-19-13/h6,9,11,13,15,17H,4-5,7-8,10H2,1-3H3. The van der Waals surface area contributed by atoms with Crippen molar-refractivity contribution in [3.63, 3.8) is 0 Å². The van der Waals surface area contributed by atoms with Crippen LogP contribution in [0, 0.1) is 6.92 Å². The van der Waals surface area contributed by atoms with Gasteiger partial charge in [-0.25, -0.2) is 0 Å². The minimum absolute atomic E-state index is 0.332. The minimum Gasteiger partial charge on any atom is -0.496 e. The molecule has 1 aliphatic heterocycles. The fraction of sp³-hybridized carbons (Fsp3) is 0.625. The Bertz CT molecular complexity index is 400. The monoisotopic (exact) mass is 263 g/mol. The predicted octanol–water partition coefficient (Wildman–Crippen LogP) is 3.22. The first-order valence-corrected chi connectivity index (χ1v) is 7.18. The number of methoxy groups -OCH3 is 1. The summed E-state index contributed by atoms with van der Waals surface area (Å²) in [7, 11) is 3.75. The number of hydrogen-bond donors (Lipinski definition) is 1. The van der Waals surface area contributed by atoms with E-state index in [-0.39, 0.29) is 0 Å². The van der Waals surface area contributed by atoms with E-state index in [1.807, 2.05) is 7.05 Å². The normalized spacial score (nSPS) is 20.5. The van der Waals surface area contributed by atoms with Crippen LogP contribution in [0.5, 0.6) is 5.75 Å². The van der Waals surface area contributed by atoms with E-state index in [1.165, 1.54) is 24.0 Å². The highest BCUT2D eigenvalue weighted by Gasteiger charge is 2.20. The molecule has 0 bridgehead atoms. The largest absolute Gasteiger partial charge is 0.496 e. The fourth-order valence-corrected chi connectivity index (χ4v) is 2.81. The lowest BCUT2D eigenvalue weighted by atomic mass is 9.97. The van der Waals surface area contributed by atoms with Gasteiger partial charge in [0.15, 0.2) is 0 Å². The highest BCUT2D eigenvalue weighted by Crippen LogP contribution is 2.30. The van der Waals surface area contributed by atoms with E-state index in [0.717, 1.165) is 25.2 Å². The molecule has 1 aromatic carbocycles. The lowest BCUT2D eigenvalue weighted by Crippen LogP contribution is -2.19. The van der Waals surface area contributed by atoms with Crippen LogP contribution in [0.3, 0.4) is 0 Å². The molecule has 3 heteroatoms. The summed E-state index contributed by atoms with van der Waals surface area (Å²) in [6.07, 6.45) is 5.07. The Kier molecular flexibility index (Phi) is 5.23. The number of hydrogen-bond acceptors (Lipinski definition) is 3. The van der Waals surface area contributed by atoms with Crippen molar-refractivity contribution in [1.82, 2.24) is 5.32 Å². The molecular formula is C16H25NO2. The Morgan fingerprint density at radius 1 is 1.47 bits per heavy atom. The first-order valence-electron chi connectivity index (χ1n) is 7.18. The number of nitrogens with one attached hydrogen (secondary N) is 1. The van der Waals surface area contributed by atoms with Crippen LogP contribution in [0.25, 0.3) is 0 Å². The molecule has 0 aromatic heterocycles. The average Bonchev–Trinajstić information content (AvgIpc) is 2.93. The van der Waals surface area contributed by atoms with Crippen LogP contribution in [0.4, 0.5) is 0 Å². The molecule has 0 radical (unpaired) electrons. The van der Waals surface area contributed by atoms with Crippen molar-refractivity contribution in [3.05, 3.63) is 29.3 Å².